The SMILES string of the molecule is CCC1(C(=O)NC(C)C2CC3CCC2C3)CCCN1.Cl. The molecule has 0 aromatic heterocycles. The minimum absolute atomic E-state index is 0. The zero-order valence-electron chi connectivity index (χ0n) is 12.8. The van der Waals surface area contributed by atoms with Gasteiger partial charge in [-0.3, -0.25) is 4.79 Å². The van der Waals surface area contributed by atoms with Crippen LogP contribution in [0.4, 0.5) is 0 Å². The lowest BCUT2D eigenvalue weighted by atomic mass is 9.83. The van der Waals surface area contributed by atoms with E-state index in [1.807, 2.05) is 0 Å². The van der Waals surface area contributed by atoms with Gasteiger partial charge in [-0.25, -0.2) is 0 Å². The van der Waals surface area contributed by atoms with E-state index in [0.717, 1.165) is 43.6 Å². The van der Waals surface area contributed by atoms with Crippen molar-refractivity contribution < 1.29 is 4.79 Å². The van der Waals surface area contributed by atoms with E-state index in [1.165, 1.54) is 25.7 Å². The molecule has 3 aliphatic rings. The van der Waals surface area contributed by atoms with Crippen molar-refractivity contribution >= 4 is 18.3 Å². The molecule has 3 fully saturated rings. The van der Waals surface area contributed by atoms with Crippen molar-refractivity contribution in [3.05, 3.63) is 0 Å². The molecule has 1 amide bonds. The van der Waals surface area contributed by atoms with Crippen LogP contribution in [-0.2, 0) is 4.79 Å². The third-order valence-electron chi connectivity index (χ3n) is 6.08. The molecule has 1 aliphatic heterocycles. The third kappa shape index (κ3) is 2.71. The number of amides is 1. The average molecular weight is 301 g/mol. The van der Waals surface area contributed by atoms with E-state index >= 15 is 0 Å². The quantitative estimate of drug-likeness (QED) is 0.838. The number of halogens is 1. The second-order valence-electron chi connectivity index (χ2n) is 7.07. The Morgan fingerprint density at radius 3 is 2.70 bits per heavy atom. The minimum atomic E-state index is -0.272. The highest BCUT2D eigenvalue weighted by Crippen LogP contribution is 2.49. The van der Waals surface area contributed by atoms with Crippen molar-refractivity contribution in [3.63, 3.8) is 0 Å². The summed E-state index contributed by atoms with van der Waals surface area (Å²) in [6.45, 7) is 5.34. The second-order valence-corrected chi connectivity index (χ2v) is 7.07. The summed E-state index contributed by atoms with van der Waals surface area (Å²) in [4.78, 5) is 12.6. The number of fused-ring (bicyclic) bond motifs is 2. The molecule has 2 bridgehead atoms. The number of hydrogen-bond donors (Lipinski definition) is 2. The Kier molecular flexibility index (Phi) is 5.01. The lowest BCUT2D eigenvalue weighted by Gasteiger charge is -2.33. The summed E-state index contributed by atoms with van der Waals surface area (Å²) in [6.07, 6.45) is 8.63. The molecule has 0 aromatic carbocycles. The normalized spacial score (nSPS) is 40.4. The van der Waals surface area contributed by atoms with E-state index in [4.69, 9.17) is 0 Å². The van der Waals surface area contributed by atoms with Crippen LogP contribution >= 0.6 is 12.4 Å². The highest BCUT2D eigenvalue weighted by Gasteiger charge is 2.44. The first-order chi connectivity index (χ1) is 9.14. The van der Waals surface area contributed by atoms with Gasteiger partial charge in [0.15, 0.2) is 0 Å². The molecule has 5 unspecified atom stereocenters. The second kappa shape index (κ2) is 6.23. The molecular weight excluding hydrogens is 272 g/mol. The first-order valence-electron chi connectivity index (χ1n) is 8.20. The third-order valence-corrected chi connectivity index (χ3v) is 6.08. The molecule has 0 spiro atoms. The maximum atomic E-state index is 12.6. The van der Waals surface area contributed by atoms with E-state index in [0.29, 0.717) is 6.04 Å². The predicted octanol–water partition coefficient (Wildman–Crippen LogP) is 2.88. The molecule has 0 aromatic rings. The largest absolute Gasteiger partial charge is 0.352 e. The molecule has 2 N–H and O–H groups in total. The molecule has 5 atom stereocenters. The zero-order valence-corrected chi connectivity index (χ0v) is 13.6. The van der Waals surface area contributed by atoms with Gasteiger partial charge in [-0.05, 0) is 69.7 Å². The molecule has 3 nitrogen and oxygen atoms in total. The van der Waals surface area contributed by atoms with Crippen LogP contribution in [0.25, 0.3) is 0 Å². The van der Waals surface area contributed by atoms with Gasteiger partial charge in [0.25, 0.3) is 0 Å². The molecule has 2 saturated carbocycles. The first kappa shape index (κ1) is 16.1. The van der Waals surface area contributed by atoms with Gasteiger partial charge >= 0.3 is 0 Å². The van der Waals surface area contributed by atoms with Gasteiger partial charge in [-0.2, -0.15) is 0 Å². The van der Waals surface area contributed by atoms with Crippen molar-refractivity contribution in [3.8, 4) is 0 Å². The Balaban J connectivity index is 0.00000147. The maximum absolute atomic E-state index is 12.6. The molecule has 4 heteroatoms. The van der Waals surface area contributed by atoms with Gasteiger partial charge in [0.1, 0.15) is 0 Å². The van der Waals surface area contributed by atoms with Crippen LogP contribution in [0.3, 0.4) is 0 Å². The Bertz CT molecular complexity index is 354. The molecule has 1 saturated heterocycles. The van der Waals surface area contributed by atoms with E-state index < -0.39 is 0 Å². The lowest BCUT2D eigenvalue weighted by Crippen LogP contribution is -2.56. The minimum Gasteiger partial charge on any atom is -0.352 e. The number of hydrogen-bond acceptors (Lipinski definition) is 2. The lowest BCUT2D eigenvalue weighted by molar-refractivity contribution is -0.128. The molecule has 0 radical (unpaired) electrons. The smallest absolute Gasteiger partial charge is 0.240 e. The molecular formula is C16H29ClN2O. The average Bonchev–Trinajstić information content (AvgIpc) is 3.14. The molecule has 2 aliphatic carbocycles. The summed E-state index contributed by atoms with van der Waals surface area (Å²) < 4.78 is 0. The van der Waals surface area contributed by atoms with Crippen LogP contribution in [-0.4, -0.2) is 24.0 Å². The fourth-order valence-electron chi connectivity index (χ4n) is 4.82. The fourth-order valence-corrected chi connectivity index (χ4v) is 4.82. The van der Waals surface area contributed by atoms with Crippen LogP contribution in [0.5, 0.6) is 0 Å². The van der Waals surface area contributed by atoms with E-state index in [9.17, 15) is 4.79 Å². The summed E-state index contributed by atoms with van der Waals surface area (Å²) in [6, 6.07) is 0.355. The summed E-state index contributed by atoms with van der Waals surface area (Å²) >= 11 is 0. The monoisotopic (exact) mass is 300 g/mol. The Morgan fingerprint density at radius 1 is 1.40 bits per heavy atom. The highest BCUT2D eigenvalue weighted by atomic mass is 35.5. The Hall–Kier alpha value is -0.280. The predicted molar refractivity (Wildman–Crippen MR) is 84.0 cm³/mol. The van der Waals surface area contributed by atoms with E-state index in [2.05, 4.69) is 24.5 Å². The molecule has 116 valence electrons. The van der Waals surface area contributed by atoms with Crippen molar-refractivity contribution in [1.82, 2.24) is 10.6 Å². The molecule has 20 heavy (non-hydrogen) atoms. The number of rotatable bonds is 4. The first-order valence-corrected chi connectivity index (χ1v) is 8.20. The summed E-state index contributed by atoms with van der Waals surface area (Å²) in [5.74, 6) is 2.83. The maximum Gasteiger partial charge on any atom is 0.240 e. The summed E-state index contributed by atoms with van der Waals surface area (Å²) in [7, 11) is 0. The molecule has 3 rings (SSSR count). The number of carbonyl (C=O) groups is 1. The van der Waals surface area contributed by atoms with Gasteiger partial charge in [0.2, 0.25) is 5.91 Å². The van der Waals surface area contributed by atoms with Crippen LogP contribution in [0.15, 0.2) is 0 Å². The standard InChI is InChI=1S/C16H28N2O.ClH/c1-3-16(7-4-8-17-16)15(19)18-11(2)14-10-12-5-6-13(14)9-12;/h11-14,17H,3-10H2,1-2H3,(H,18,19);1H. The topological polar surface area (TPSA) is 41.1 Å². The Morgan fingerprint density at radius 2 is 2.20 bits per heavy atom. The van der Waals surface area contributed by atoms with E-state index in [-0.39, 0.29) is 23.9 Å². The molecule has 1 heterocycles. The van der Waals surface area contributed by atoms with Gasteiger partial charge in [-0.15, -0.1) is 12.4 Å². The fraction of sp³-hybridized carbons (Fsp3) is 0.938. The van der Waals surface area contributed by atoms with Gasteiger partial charge < -0.3 is 10.6 Å². The zero-order chi connectivity index (χ0) is 13.5. The van der Waals surface area contributed by atoms with Gasteiger partial charge in [0.05, 0.1) is 5.54 Å². The van der Waals surface area contributed by atoms with E-state index in [1.54, 1.807) is 0 Å². The van der Waals surface area contributed by atoms with Crippen molar-refractivity contribution in [2.45, 2.75) is 70.4 Å². The van der Waals surface area contributed by atoms with Gasteiger partial charge in [-0.1, -0.05) is 13.3 Å². The number of nitrogens with one attached hydrogen (secondary N) is 2. The highest BCUT2D eigenvalue weighted by molar-refractivity contribution is 5.86. The Labute approximate surface area is 129 Å². The van der Waals surface area contributed by atoms with Crippen LogP contribution in [0.2, 0.25) is 0 Å². The van der Waals surface area contributed by atoms with Crippen LogP contribution in [0, 0.1) is 17.8 Å². The number of carbonyl (C=O) groups excluding carboxylic acids is 1. The van der Waals surface area contributed by atoms with Crippen LogP contribution in [0.1, 0.15) is 58.8 Å². The van der Waals surface area contributed by atoms with Crippen molar-refractivity contribution in [2.75, 3.05) is 6.54 Å². The van der Waals surface area contributed by atoms with Crippen molar-refractivity contribution in [2.24, 2.45) is 17.8 Å². The van der Waals surface area contributed by atoms with Crippen LogP contribution < -0.4 is 10.6 Å². The summed E-state index contributed by atoms with van der Waals surface area (Å²) in [5, 5.41) is 6.78. The van der Waals surface area contributed by atoms with Crippen molar-refractivity contribution in [1.29, 1.82) is 0 Å². The van der Waals surface area contributed by atoms with Gasteiger partial charge in [0, 0.05) is 6.04 Å². The summed E-state index contributed by atoms with van der Waals surface area (Å²) in [5.41, 5.74) is -0.272.